The van der Waals surface area contributed by atoms with Gasteiger partial charge in [-0.1, -0.05) is 70.4 Å². The lowest BCUT2D eigenvalue weighted by Gasteiger charge is -2.15. The highest BCUT2D eigenvalue weighted by Crippen LogP contribution is 2.42. The van der Waals surface area contributed by atoms with Gasteiger partial charge in [0.05, 0.1) is 13.2 Å². The molecule has 0 rings (SSSR count). The van der Waals surface area contributed by atoms with Crippen LogP contribution in [0.3, 0.4) is 0 Å². The number of hydrogen-bond donors (Lipinski definition) is 3. The van der Waals surface area contributed by atoms with Gasteiger partial charge in [0.2, 0.25) is 0 Å². The SMILES string of the molecule is CCCCCCCCCC/C=C/CCCCCC(=O)OC[C@@H](O)COP(=O)(O)OCCN. The van der Waals surface area contributed by atoms with Gasteiger partial charge in [-0.15, -0.1) is 0 Å². The lowest BCUT2D eigenvalue weighted by Crippen LogP contribution is -2.23. The number of carbonyl (C=O) groups is 1. The van der Waals surface area contributed by atoms with Gasteiger partial charge in [-0.25, -0.2) is 4.57 Å². The molecule has 0 bridgehead atoms. The summed E-state index contributed by atoms with van der Waals surface area (Å²) in [6, 6.07) is 0. The Bertz CT molecular complexity index is 517. The second-order valence-electron chi connectivity index (χ2n) is 8.06. The number of carbonyl (C=O) groups excluding carboxylic acids is 1. The summed E-state index contributed by atoms with van der Waals surface area (Å²) in [6.45, 7) is 1.42. The molecule has 1 unspecified atom stereocenters. The van der Waals surface area contributed by atoms with E-state index in [-0.39, 0.29) is 26.2 Å². The average Bonchev–Trinajstić information content (AvgIpc) is 2.77. The van der Waals surface area contributed by atoms with Gasteiger partial charge in [0.25, 0.3) is 0 Å². The first kappa shape index (κ1) is 31.2. The fraction of sp³-hybridized carbons (Fsp3) is 0.870. The number of unbranched alkanes of at least 4 members (excludes halogenated alkanes) is 11. The lowest BCUT2D eigenvalue weighted by molar-refractivity contribution is -0.147. The quantitative estimate of drug-likeness (QED) is 0.0806. The van der Waals surface area contributed by atoms with Crippen LogP contribution in [0.4, 0.5) is 0 Å². The van der Waals surface area contributed by atoms with Gasteiger partial charge < -0.3 is 20.5 Å². The molecule has 2 atom stereocenters. The zero-order valence-electron chi connectivity index (χ0n) is 19.9. The molecule has 0 heterocycles. The molecule has 0 saturated carbocycles. The minimum Gasteiger partial charge on any atom is -0.463 e. The van der Waals surface area contributed by atoms with Crippen molar-refractivity contribution in [1.82, 2.24) is 0 Å². The van der Waals surface area contributed by atoms with Gasteiger partial charge in [-0.2, -0.15) is 0 Å². The van der Waals surface area contributed by atoms with Crippen molar-refractivity contribution < 1.29 is 33.1 Å². The van der Waals surface area contributed by atoms with E-state index in [1.165, 1.54) is 51.4 Å². The second kappa shape index (κ2) is 22.1. The number of phosphoric ester groups is 1. The molecule has 0 aromatic heterocycles. The summed E-state index contributed by atoms with van der Waals surface area (Å²) >= 11 is 0. The van der Waals surface area contributed by atoms with Gasteiger partial charge in [0, 0.05) is 13.0 Å². The van der Waals surface area contributed by atoms with Gasteiger partial charge in [0.1, 0.15) is 12.7 Å². The van der Waals surface area contributed by atoms with Crippen LogP contribution in [-0.2, 0) is 23.1 Å². The van der Waals surface area contributed by atoms with E-state index in [0.717, 1.165) is 32.1 Å². The minimum absolute atomic E-state index is 0.0731. The third-order valence-electron chi connectivity index (χ3n) is 4.88. The summed E-state index contributed by atoms with van der Waals surface area (Å²) in [6.07, 6.45) is 19.2. The largest absolute Gasteiger partial charge is 0.472 e. The Balaban J connectivity index is 3.50. The highest BCUT2D eigenvalue weighted by Gasteiger charge is 2.22. The molecule has 0 radical (unpaired) electrons. The van der Waals surface area contributed by atoms with Crippen molar-refractivity contribution in [3.63, 3.8) is 0 Å². The highest BCUT2D eigenvalue weighted by molar-refractivity contribution is 7.47. The summed E-state index contributed by atoms with van der Waals surface area (Å²) in [7, 11) is -4.24. The molecule has 8 nitrogen and oxygen atoms in total. The van der Waals surface area contributed by atoms with Crippen molar-refractivity contribution in [2.24, 2.45) is 5.73 Å². The van der Waals surface area contributed by atoms with Gasteiger partial charge >= 0.3 is 13.8 Å². The van der Waals surface area contributed by atoms with E-state index < -0.39 is 26.5 Å². The molecule has 9 heteroatoms. The van der Waals surface area contributed by atoms with Crippen LogP contribution in [-0.4, -0.2) is 48.4 Å². The number of nitrogens with two attached hydrogens (primary N) is 1. The first-order chi connectivity index (χ1) is 15.4. The van der Waals surface area contributed by atoms with Crippen molar-refractivity contribution in [2.45, 2.75) is 103 Å². The Kier molecular flexibility index (Phi) is 21.5. The fourth-order valence-corrected chi connectivity index (χ4v) is 3.81. The summed E-state index contributed by atoms with van der Waals surface area (Å²) in [4.78, 5) is 21.0. The molecule has 0 saturated heterocycles. The van der Waals surface area contributed by atoms with Crippen LogP contribution < -0.4 is 5.73 Å². The third kappa shape index (κ3) is 22.4. The Morgan fingerprint density at radius 2 is 1.47 bits per heavy atom. The number of hydrogen-bond acceptors (Lipinski definition) is 7. The molecule has 0 aromatic carbocycles. The van der Waals surface area contributed by atoms with Crippen LogP contribution >= 0.6 is 7.82 Å². The number of rotatable bonds is 23. The van der Waals surface area contributed by atoms with Crippen LogP contribution in [0.5, 0.6) is 0 Å². The third-order valence-corrected chi connectivity index (χ3v) is 5.87. The standard InChI is InChI=1S/C23H46NO7P/c1-2-3-4-5-6-7-8-9-10-11-12-13-14-15-16-17-23(26)29-20-22(25)21-31-32(27,28)30-19-18-24/h11-12,22,25H,2-10,13-21,24H2,1H3,(H,27,28)/b12-11+/t22-/m1/s1. The summed E-state index contributed by atoms with van der Waals surface area (Å²) in [5.74, 6) is -0.402. The molecule has 0 spiro atoms. The second-order valence-corrected chi connectivity index (χ2v) is 9.51. The maximum absolute atomic E-state index is 11.7. The zero-order chi connectivity index (χ0) is 23.9. The molecule has 0 aliphatic rings. The summed E-state index contributed by atoms with van der Waals surface area (Å²) in [5.41, 5.74) is 5.16. The number of aliphatic hydroxyl groups is 1. The van der Waals surface area contributed by atoms with E-state index in [1.54, 1.807) is 0 Å². The topological polar surface area (TPSA) is 128 Å². The molecule has 32 heavy (non-hydrogen) atoms. The Labute approximate surface area is 194 Å². The summed E-state index contributed by atoms with van der Waals surface area (Å²) in [5, 5.41) is 9.67. The van der Waals surface area contributed by atoms with Crippen LogP contribution in [0.15, 0.2) is 12.2 Å². The lowest BCUT2D eigenvalue weighted by atomic mass is 10.1. The van der Waals surface area contributed by atoms with Crippen LogP contribution in [0.1, 0.15) is 96.8 Å². The molecule has 4 N–H and O–H groups in total. The van der Waals surface area contributed by atoms with Gasteiger partial charge in [0.15, 0.2) is 0 Å². The monoisotopic (exact) mass is 479 g/mol. The van der Waals surface area contributed by atoms with E-state index in [2.05, 4.69) is 28.1 Å². The van der Waals surface area contributed by atoms with E-state index in [9.17, 15) is 19.4 Å². The van der Waals surface area contributed by atoms with Crippen molar-refractivity contribution in [3.05, 3.63) is 12.2 Å². The van der Waals surface area contributed by atoms with Crippen LogP contribution in [0.25, 0.3) is 0 Å². The predicted molar refractivity (Wildman–Crippen MR) is 127 cm³/mol. The van der Waals surface area contributed by atoms with E-state index >= 15 is 0 Å². The average molecular weight is 480 g/mol. The maximum atomic E-state index is 11.7. The molecule has 0 aliphatic heterocycles. The number of allylic oxidation sites excluding steroid dienone is 2. The molecular formula is C23H46NO7P. The number of esters is 1. The Morgan fingerprint density at radius 3 is 2.06 bits per heavy atom. The number of phosphoric acid groups is 1. The minimum atomic E-state index is -4.24. The Hall–Kier alpha value is -0.760. The van der Waals surface area contributed by atoms with Crippen molar-refractivity contribution in [3.8, 4) is 0 Å². The smallest absolute Gasteiger partial charge is 0.463 e. The van der Waals surface area contributed by atoms with E-state index in [0.29, 0.717) is 0 Å². The zero-order valence-corrected chi connectivity index (χ0v) is 20.8. The Morgan fingerprint density at radius 1 is 0.906 bits per heavy atom. The molecule has 0 amide bonds. The van der Waals surface area contributed by atoms with Gasteiger partial charge in [-0.05, 0) is 32.1 Å². The van der Waals surface area contributed by atoms with Crippen LogP contribution in [0.2, 0.25) is 0 Å². The van der Waals surface area contributed by atoms with Gasteiger partial charge in [-0.3, -0.25) is 13.8 Å². The molecule has 190 valence electrons. The van der Waals surface area contributed by atoms with E-state index in [1.807, 2.05) is 0 Å². The van der Waals surface area contributed by atoms with Crippen molar-refractivity contribution in [1.29, 1.82) is 0 Å². The fourth-order valence-electron chi connectivity index (χ4n) is 3.04. The summed E-state index contributed by atoms with van der Waals surface area (Å²) < 4.78 is 25.5. The van der Waals surface area contributed by atoms with Crippen molar-refractivity contribution in [2.75, 3.05) is 26.4 Å². The molecular weight excluding hydrogens is 433 g/mol. The van der Waals surface area contributed by atoms with Crippen LogP contribution in [0, 0.1) is 0 Å². The predicted octanol–water partition coefficient (Wildman–Crippen LogP) is 5.02. The molecule has 0 aliphatic carbocycles. The molecule has 0 fully saturated rings. The normalized spacial score (nSPS) is 14.5. The molecule has 0 aromatic rings. The number of ether oxygens (including phenoxy) is 1. The van der Waals surface area contributed by atoms with Crippen molar-refractivity contribution >= 4 is 13.8 Å². The maximum Gasteiger partial charge on any atom is 0.472 e. The first-order valence-electron chi connectivity index (χ1n) is 12.2. The van der Waals surface area contributed by atoms with E-state index in [4.69, 9.17) is 10.5 Å². The number of aliphatic hydroxyl groups excluding tert-OH is 1. The first-order valence-corrected chi connectivity index (χ1v) is 13.7. The highest BCUT2D eigenvalue weighted by atomic mass is 31.2.